The van der Waals surface area contributed by atoms with Gasteiger partial charge in [-0.2, -0.15) is 0 Å². The number of halogens is 1. The molecule has 3 aromatic carbocycles. The minimum Gasteiger partial charge on any atom is -0.483 e. The van der Waals surface area contributed by atoms with E-state index in [4.69, 9.17) is 4.74 Å². The fourth-order valence-corrected chi connectivity index (χ4v) is 4.06. The molecule has 1 heterocycles. The number of hydrogen-bond acceptors (Lipinski definition) is 3. The molecular formula is C27H27FN2O3. The summed E-state index contributed by atoms with van der Waals surface area (Å²) in [5, 5.41) is 3.00. The molecule has 0 saturated carbocycles. The molecule has 0 bridgehead atoms. The molecule has 0 radical (unpaired) electrons. The molecule has 5 nitrogen and oxygen atoms in total. The first-order chi connectivity index (χ1) is 15.7. The number of amides is 2. The molecule has 1 aliphatic heterocycles. The van der Waals surface area contributed by atoms with Gasteiger partial charge in [0.2, 0.25) is 5.91 Å². The molecule has 0 saturated heterocycles. The smallest absolute Gasteiger partial charge is 0.261 e. The highest BCUT2D eigenvalue weighted by Gasteiger charge is 2.37. The van der Waals surface area contributed by atoms with Crippen molar-refractivity contribution in [1.82, 2.24) is 10.2 Å². The van der Waals surface area contributed by atoms with E-state index >= 15 is 0 Å². The highest BCUT2D eigenvalue weighted by molar-refractivity contribution is 5.91. The van der Waals surface area contributed by atoms with Crippen LogP contribution in [-0.4, -0.2) is 28.9 Å². The van der Waals surface area contributed by atoms with Crippen LogP contribution in [0.1, 0.15) is 37.9 Å². The second-order valence-corrected chi connectivity index (χ2v) is 9.13. The molecule has 1 atom stereocenters. The van der Waals surface area contributed by atoms with Gasteiger partial charge in [0, 0.05) is 23.2 Å². The van der Waals surface area contributed by atoms with E-state index in [0.29, 0.717) is 22.4 Å². The van der Waals surface area contributed by atoms with Crippen molar-refractivity contribution in [3.63, 3.8) is 0 Å². The van der Waals surface area contributed by atoms with E-state index in [1.165, 1.54) is 11.0 Å². The zero-order chi connectivity index (χ0) is 23.6. The maximum atomic E-state index is 14.6. The molecule has 0 aromatic heterocycles. The molecule has 170 valence electrons. The number of carbonyl (C=O) groups excluding carboxylic acids is 2. The summed E-state index contributed by atoms with van der Waals surface area (Å²) in [7, 11) is 0. The molecule has 1 aliphatic rings. The predicted octanol–water partition coefficient (Wildman–Crippen LogP) is 4.87. The number of ether oxygens (including phenoxy) is 1. The van der Waals surface area contributed by atoms with Crippen LogP contribution in [0, 0.1) is 5.82 Å². The van der Waals surface area contributed by atoms with Crippen molar-refractivity contribution in [2.45, 2.75) is 38.9 Å². The van der Waals surface area contributed by atoms with Gasteiger partial charge in [-0.3, -0.25) is 9.59 Å². The van der Waals surface area contributed by atoms with Crippen LogP contribution in [0.25, 0.3) is 11.1 Å². The number of rotatable bonds is 4. The van der Waals surface area contributed by atoms with Gasteiger partial charge < -0.3 is 15.0 Å². The Labute approximate surface area is 193 Å². The van der Waals surface area contributed by atoms with Crippen molar-refractivity contribution >= 4 is 11.8 Å². The lowest BCUT2D eigenvalue weighted by Gasteiger charge is -2.32. The Morgan fingerprint density at radius 1 is 1.00 bits per heavy atom. The molecule has 0 spiro atoms. The zero-order valence-corrected chi connectivity index (χ0v) is 19.0. The second kappa shape index (κ2) is 9.06. The Bertz CT molecular complexity index is 1190. The summed E-state index contributed by atoms with van der Waals surface area (Å²) in [6.07, 6.45) is 0. The van der Waals surface area contributed by atoms with Crippen molar-refractivity contribution in [2.24, 2.45) is 0 Å². The van der Waals surface area contributed by atoms with E-state index in [-0.39, 0.29) is 30.8 Å². The van der Waals surface area contributed by atoms with Gasteiger partial charge in [-0.15, -0.1) is 0 Å². The number of nitrogens with zero attached hydrogens (tertiary/aromatic N) is 1. The summed E-state index contributed by atoms with van der Waals surface area (Å²) in [5.74, 6) is -0.451. The number of benzene rings is 3. The van der Waals surface area contributed by atoms with Gasteiger partial charge >= 0.3 is 0 Å². The number of hydrogen-bond donors (Lipinski definition) is 1. The number of carbonyl (C=O) groups is 2. The molecule has 6 heteroatoms. The van der Waals surface area contributed by atoms with E-state index in [0.717, 1.165) is 5.56 Å². The highest BCUT2D eigenvalue weighted by atomic mass is 19.1. The first kappa shape index (κ1) is 22.5. The Morgan fingerprint density at radius 3 is 2.36 bits per heavy atom. The molecule has 0 aliphatic carbocycles. The van der Waals surface area contributed by atoms with Crippen molar-refractivity contribution in [1.29, 1.82) is 0 Å². The monoisotopic (exact) mass is 446 g/mol. The third-order valence-corrected chi connectivity index (χ3v) is 5.47. The minimum atomic E-state index is -0.885. The van der Waals surface area contributed by atoms with E-state index in [2.05, 4.69) is 5.32 Å². The van der Waals surface area contributed by atoms with Crippen LogP contribution in [0.2, 0.25) is 0 Å². The molecule has 2 amide bonds. The topological polar surface area (TPSA) is 58.6 Å². The van der Waals surface area contributed by atoms with Crippen LogP contribution in [0.3, 0.4) is 0 Å². The van der Waals surface area contributed by atoms with Crippen molar-refractivity contribution < 1.29 is 18.7 Å². The number of fused-ring (bicyclic) bond motifs is 1. The molecular weight excluding hydrogens is 419 g/mol. The average molecular weight is 447 g/mol. The Balaban J connectivity index is 1.79. The number of nitrogens with one attached hydrogen (secondary N) is 1. The van der Waals surface area contributed by atoms with Gasteiger partial charge in [0.1, 0.15) is 17.6 Å². The van der Waals surface area contributed by atoms with Crippen molar-refractivity contribution in [3.8, 4) is 16.9 Å². The fourth-order valence-electron chi connectivity index (χ4n) is 4.06. The lowest BCUT2D eigenvalue weighted by atomic mass is 9.96. The summed E-state index contributed by atoms with van der Waals surface area (Å²) < 4.78 is 20.3. The number of para-hydroxylation sites is 1. The van der Waals surface area contributed by atoms with E-state index in [1.807, 2.05) is 57.2 Å². The molecule has 1 unspecified atom stereocenters. The van der Waals surface area contributed by atoms with E-state index < -0.39 is 11.6 Å². The fraction of sp³-hybridized carbons (Fsp3) is 0.259. The first-order valence-electron chi connectivity index (χ1n) is 10.9. The van der Waals surface area contributed by atoms with Gasteiger partial charge in [0.15, 0.2) is 6.61 Å². The lowest BCUT2D eigenvalue weighted by Crippen LogP contribution is -2.49. The quantitative estimate of drug-likeness (QED) is 0.622. The van der Waals surface area contributed by atoms with Gasteiger partial charge in [0.05, 0.1) is 0 Å². The summed E-state index contributed by atoms with van der Waals surface area (Å²) in [6.45, 7) is 5.62. The maximum Gasteiger partial charge on any atom is 0.261 e. The normalized spacial score (nSPS) is 15.9. The standard InChI is InChI=1S/C27H27FN2O3/c1-27(2,3)29-26(32)25-21-13-7-9-15-23(21)33-17-24(31)30(25)16-18-10-4-5-11-19(18)20-12-6-8-14-22(20)28/h4-15,25H,16-17H2,1-3H3,(H,29,32). The van der Waals surface area contributed by atoms with Crippen LogP contribution in [0.4, 0.5) is 4.39 Å². The van der Waals surface area contributed by atoms with Crippen LogP contribution in [0.15, 0.2) is 72.8 Å². The summed E-state index contributed by atoms with van der Waals surface area (Å²) in [5.41, 5.74) is 2.00. The maximum absolute atomic E-state index is 14.6. The lowest BCUT2D eigenvalue weighted by molar-refractivity contribution is -0.142. The molecule has 33 heavy (non-hydrogen) atoms. The zero-order valence-electron chi connectivity index (χ0n) is 19.0. The Kier molecular flexibility index (Phi) is 6.18. The van der Waals surface area contributed by atoms with Crippen molar-refractivity contribution in [3.05, 3.63) is 89.7 Å². The van der Waals surface area contributed by atoms with Gasteiger partial charge in [-0.25, -0.2) is 4.39 Å². The van der Waals surface area contributed by atoms with Crippen LogP contribution < -0.4 is 10.1 Å². The second-order valence-electron chi connectivity index (χ2n) is 9.13. The summed E-state index contributed by atoms with van der Waals surface area (Å²) >= 11 is 0. The largest absolute Gasteiger partial charge is 0.483 e. The molecule has 3 aromatic rings. The highest BCUT2D eigenvalue weighted by Crippen LogP contribution is 2.35. The first-order valence-corrected chi connectivity index (χ1v) is 10.9. The van der Waals surface area contributed by atoms with Gasteiger partial charge in [-0.05, 0) is 44.0 Å². The summed E-state index contributed by atoms with van der Waals surface area (Å²) in [4.78, 5) is 28.2. The Hall–Kier alpha value is -3.67. The molecule has 4 rings (SSSR count). The van der Waals surface area contributed by atoms with Gasteiger partial charge in [-0.1, -0.05) is 60.7 Å². The molecule has 1 N–H and O–H groups in total. The predicted molar refractivity (Wildman–Crippen MR) is 125 cm³/mol. The summed E-state index contributed by atoms with van der Waals surface area (Å²) in [6, 6.07) is 20.2. The SMILES string of the molecule is CC(C)(C)NC(=O)C1c2ccccc2OCC(=O)N1Cc1ccccc1-c1ccccc1F. The van der Waals surface area contributed by atoms with Crippen LogP contribution in [0.5, 0.6) is 5.75 Å². The molecule has 0 fully saturated rings. The van der Waals surface area contributed by atoms with Gasteiger partial charge in [0.25, 0.3) is 5.91 Å². The van der Waals surface area contributed by atoms with Crippen molar-refractivity contribution in [2.75, 3.05) is 6.61 Å². The van der Waals surface area contributed by atoms with Crippen LogP contribution in [-0.2, 0) is 16.1 Å². The van der Waals surface area contributed by atoms with E-state index in [9.17, 15) is 14.0 Å². The average Bonchev–Trinajstić information content (AvgIpc) is 2.90. The third kappa shape index (κ3) is 4.90. The Morgan fingerprint density at radius 2 is 1.64 bits per heavy atom. The van der Waals surface area contributed by atoms with Crippen LogP contribution >= 0.6 is 0 Å². The third-order valence-electron chi connectivity index (χ3n) is 5.47. The van der Waals surface area contributed by atoms with E-state index in [1.54, 1.807) is 30.3 Å². The minimum absolute atomic E-state index is 0.128.